The molecule has 0 saturated heterocycles. The highest BCUT2D eigenvalue weighted by molar-refractivity contribution is 7.99. The molecule has 0 aliphatic rings. The van der Waals surface area contributed by atoms with Gasteiger partial charge >= 0.3 is 0 Å². The zero-order chi connectivity index (χ0) is 10.6. The van der Waals surface area contributed by atoms with E-state index in [1.165, 1.54) is 17.8 Å². The fourth-order valence-electron chi connectivity index (χ4n) is 0.823. The lowest BCUT2D eigenvalue weighted by molar-refractivity contribution is 0.275. The van der Waals surface area contributed by atoms with Crippen LogP contribution >= 0.6 is 11.8 Å². The van der Waals surface area contributed by atoms with Crippen LogP contribution in [0.25, 0.3) is 0 Å². The average Bonchev–Trinajstić information content (AvgIpc) is 2.19. The molecule has 0 saturated carbocycles. The highest BCUT2D eigenvalue weighted by Crippen LogP contribution is 2.20. The van der Waals surface area contributed by atoms with Crippen molar-refractivity contribution in [3.05, 3.63) is 29.8 Å². The van der Waals surface area contributed by atoms with E-state index in [0.717, 1.165) is 12.1 Å². The van der Waals surface area contributed by atoms with E-state index in [1.54, 1.807) is 0 Å². The van der Waals surface area contributed by atoms with E-state index in [1.807, 2.05) is 0 Å². The van der Waals surface area contributed by atoms with Gasteiger partial charge in [0.15, 0.2) is 11.6 Å². The summed E-state index contributed by atoms with van der Waals surface area (Å²) in [6, 6.07) is 3.33. The first-order chi connectivity index (χ1) is 6.63. The Labute approximate surface area is 85.1 Å². The van der Waals surface area contributed by atoms with Gasteiger partial charge in [-0.05, 0) is 18.2 Å². The van der Waals surface area contributed by atoms with Crippen molar-refractivity contribution in [3.8, 4) is 0 Å². The quantitative estimate of drug-likeness (QED) is 0.752. The summed E-state index contributed by atoms with van der Waals surface area (Å²) in [6.07, 6.45) is 0. The number of halogens is 2. The van der Waals surface area contributed by atoms with Gasteiger partial charge in [-0.3, -0.25) is 0 Å². The molecule has 0 aliphatic heterocycles. The highest BCUT2D eigenvalue weighted by Gasteiger charge is 2.05. The average molecular weight is 219 g/mol. The second-order valence-corrected chi connectivity index (χ2v) is 3.92. The van der Waals surface area contributed by atoms with Gasteiger partial charge in [-0.15, -0.1) is 11.8 Å². The summed E-state index contributed by atoms with van der Waals surface area (Å²) in [4.78, 5) is 0.604. The molecule has 1 atom stereocenters. The molecule has 14 heavy (non-hydrogen) atoms. The number of benzene rings is 1. The molecule has 1 aromatic carbocycles. The van der Waals surface area contributed by atoms with Crippen LogP contribution in [0.2, 0.25) is 0 Å². The summed E-state index contributed by atoms with van der Waals surface area (Å²) in [7, 11) is 0. The lowest BCUT2D eigenvalue weighted by Crippen LogP contribution is -2.26. The molecule has 0 aromatic heterocycles. The second kappa shape index (κ2) is 5.29. The van der Waals surface area contributed by atoms with Gasteiger partial charge in [-0.25, -0.2) is 8.78 Å². The van der Waals surface area contributed by atoms with Crippen LogP contribution in [-0.4, -0.2) is 23.5 Å². The van der Waals surface area contributed by atoms with Crippen molar-refractivity contribution in [1.29, 1.82) is 0 Å². The second-order valence-electron chi connectivity index (χ2n) is 2.83. The monoisotopic (exact) mass is 219 g/mol. The lowest BCUT2D eigenvalue weighted by Gasteiger charge is -2.07. The zero-order valence-electron chi connectivity index (χ0n) is 7.41. The van der Waals surface area contributed by atoms with Crippen molar-refractivity contribution in [2.45, 2.75) is 10.9 Å². The molecule has 0 spiro atoms. The van der Waals surface area contributed by atoms with Gasteiger partial charge in [-0.1, -0.05) is 0 Å². The van der Waals surface area contributed by atoms with Crippen LogP contribution in [0, 0.1) is 11.6 Å². The van der Waals surface area contributed by atoms with Crippen molar-refractivity contribution < 1.29 is 13.9 Å². The van der Waals surface area contributed by atoms with E-state index in [0.29, 0.717) is 10.6 Å². The molecule has 1 aromatic rings. The molecule has 3 N–H and O–H groups in total. The number of aliphatic hydroxyl groups is 1. The molecule has 0 amide bonds. The van der Waals surface area contributed by atoms with Crippen LogP contribution in [0.1, 0.15) is 0 Å². The Morgan fingerprint density at radius 1 is 1.36 bits per heavy atom. The van der Waals surface area contributed by atoms with E-state index in [4.69, 9.17) is 10.8 Å². The van der Waals surface area contributed by atoms with Crippen molar-refractivity contribution >= 4 is 11.8 Å². The first-order valence-electron chi connectivity index (χ1n) is 4.07. The molecule has 0 fully saturated rings. The smallest absolute Gasteiger partial charge is 0.159 e. The van der Waals surface area contributed by atoms with Crippen LogP contribution in [0.4, 0.5) is 8.78 Å². The number of aliphatic hydroxyl groups excluding tert-OH is 1. The third-order valence-corrected chi connectivity index (χ3v) is 2.77. The third kappa shape index (κ3) is 3.25. The topological polar surface area (TPSA) is 46.2 Å². The molecule has 0 aliphatic carbocycles. The minimum atomic E-state index is -0.868. The van der Waals surface area contributed by atoms with Crippen molar-refractivity contribution in [2.24, 2.45) is 5.73 Å². The van der Waals surface area contributed by atoms with E-state index in [9.17, 15) is 8.78 Å². The zero-order valence-corrected chi connectivity index (χ0v) is 8.23. The van der Waals surface area contributed by atoms with Crippen LogP contribution < -0.4 is 5.73 Å². The van der Waals surface area contributed by atoms with Crippen molar-refractivity contribution in [1.82, 2.24) is 0 Å². The standard InChI is InChI=1S/C9H11F2NOS/c10-8-2-1-7(3-9(8)11)14-5-6(12)4-13/h1-3,6,13H,4-5,12H2. The first kappa shape index (κ1) is 11.4. The van der Waals surface area contributed by atoms with Gasteiger partial charge in [0.25, 0.3) is 0 Å². The fourth-order valence-corrected chi connectivity index (χ4v) is 1.69. The molecule has 0 radical (unpaired) electrons. The summed E-state index contributed by atoms with van der Waals surface area (Å²) >= 11 is 1.28. The number of rotatable bonds is 4. The molecular weight excluding hydrogens is 208 g/mol. The maximum absolute atomic E-state index is 12.7. The maximum atomic E-state index is 12.7. The van der Waals surface area contributed by atoms with E-state index >= 15 is 0 Å². The highest BCUT2D eigenvalue weighted by atomic mass is 32.2. The van der Waals surface area contributed by atoms with Gasteiger partial charge in [0.2, 0.25) is 0 Å². The van der Waals surface area contributed by atoms with Gasteiger partial charge in [-0.2, -0.15) is 0 Å². The molecular formula is C9H11F2NOS. The summed E-state index contributed by atoms with van der Waals surface area (Å²) in [5, 5.41) is 8.64. The van der Waals surface area contributed by atoms with E-state index in [2.05, 4.69) is 0 Å². The van der Waals surface area contributed by atoms with Crippen molar-refractivity contribution in [3.63, 3.8) is 0 Å². The van der Waals surface area contributed by atoms with Crippen LogP contribution in [0.3, 0.4) is 0 Å². The molecule has 2 nitrogen and oxygen atoms in total. The van der Waals surface area contributed by atoms with Gasteiger partial charge < -0.3 is 10.8 Å². The number of hydrogen-bond donors (Lipinski definition) is 2. The number of hydrogen-bond acceptors (Lipinski definition) is 3. The molecule has 0 bridgehead atoms. The van der Waals surface area contributed by atoms with Gasteiger partial charge in [0, 0.05) is 16.7 Å². The molecule has 78 valence electrons. The summed E-state index contributed by atoms with van der Waals surface area (Å²) < 4.78 is 25.2. The lowest BCUT2D eigenvalue weighted by atomic mass is 10.3. The van der Waals surface area contributed by atoms with E-state index < -0.39 is 11.6 Å². The summed E-state index contributed by atoms with van der Waals surface area (Å²) in [6.45, 7) is -0.114. The SMILES string of the molecule is NC(CO)CSc1ccc(F)c(F)c1. The third-order valence-electron chi connectivity index (χ3n) is 1.59. The van der Waals surface area contributed by atoms with Gasteiger partial charge in [0.1, 0.15) is 0 Å². The van der Waals surface area contributed by atoms with Gasteiger partial charge in [0.05, 0.1) is 6.61 Å². The van der Waals surface area contributed by atoms with E-state index in [-0.39, 0.29) is 12.6 Å². The Bertz CT molecular complexity index is 309. The van der Waals surface area contributed by atoms with Crippen LogP contribution in [-0.2, 0) is 0 Å². The number of nitrogens with two attached hydrogens (primary N) is 1. The summed E-state index contributed by atoms with van der Waals surface area (Å²) in [5.74, 6) is -1.25. The fraction of sp³-hybridized carbons (Fsp3) is 0.333. The minimum absolute atomic E-state index is 0.114. The minimum Gasteiger partial charge on any atom is -0.395 e. The predicted molar refractivity (Wildman–Crippen MR) is 52.1 cm³/mol. The molecule has 0 heterocycles. The van der Waals surface area contributed by atoms with Crippen molar-refractivity contribution in [2.75, 3.05) is 12.4 Å². The molecule has 1 unspecified atom stereocenters. The predicted octanol–water partition coefficient (Wildman–Crippen LogP) is 1.38. The Morgan fingerprint density at radius 2 is 2.07 bits per heavy atom. The Morgan fingerprint density at radius 3 is 2.64 bits per heavy atom. The Balaban J connectivity index is 2.55. The maximum Gasteiger partial charge on any atom is 0.159 e. The summed E-state index contributed by atoms with van der Waals surface area (Å²) in [5.41, 5.74) is 5.45. The number of thioether (sulfide) groups is 1. The largest absolute Gasteiger partial charge is 0.395 e. The molecule has 1 rings (SSSR count). The molecule has 5 heteroatoms. The van der Waals surface area contributed by atoms with Crippen LogP contribution in [0.5, 0.6) is 0 Å². The van der Waals surface area contributed by atoms with Crippen LogP contribution in [0.15, 0.2) is 23.1 Å². The normalized spacial score (nSPS) is 12.9. The Kier molecular flexibility index (Phi) is 4.31. The Hall–Kier alpha value is -0.650. The first-order valence-corrected chi connectivity index (χ1v) is 5.06.